The van der Waals surface area contributed by atoms with E-state index in [-0.39, 0.29) is 24.1 Å². The lowest BCUT2D eigenvalue weighted by molar-refractivity contribution is -0.0563. The van der Waals surface area contributed by atoms with Gasteiger partial charge in [-0.2, -0.15) is 0 Å². The predicted molar refractivity (Wildman–Crippen MR) is 120 cm³/mol. The molecule has 0 bridgehead atoms. The number of nitrogens with zero attached hydrogens (tertiary/aromatic N) is 1. The highest BCUT2D eigenvalue weighted by molar-refractivity contribution is 5.38. The first-order valence-corrected chi connectivity index (χ1v) is 10.9. The van der Waals surface area contributed by atoms with Crippen molar-refractivity contribution in [2.24, 2.45) is 0 Å². The van der Waals surface area contributed by atoms with E-state index in [9.17, 15) is 10.2 Å². The summed E-state index contributed by atoms with van der Waals surface area (Å²) in [6.45, 7) is 2.80. The summed E-state index contributed by atoms with van der Waals surface area (Å²) in [7, 11) is 0. The lowest BCUT2D eigenvalue weighted by Crippen LogP contribution is -2.47. The topological polar surface area (TPSA) is 62.2 Å². The molecule has 31 heavy (non-hydrogen) atoms. The van der Waals surface area contributed by atoms with Gasteiger partial charge in [-0.3, -0.25) is 4.90 Å². The number of hydrogen-bond donors (Lipinski definition) is 2. The van der Waals surface area contributed by atoms with Crippen molar-refractivity contribution in [1.29, 1.82) is 0 Å². The van der Waals surface area contributed by atoms with Gasteiger partial charge >= 0.3 is 0 Å². The first-order valence-electron chi connectivity index (χ1n) is 10.9. The Balaban J connectivity index is 1.53. The fraction of sp³-hybridized carbons (Fsp3) is 0.308. The van der Waals surface area contributed by atoms with E-state index in [1.54, 1.807) is 18.2 Å². The number of benzene rings is 3. The molecule has 3 aromatic rings. The second-order valence-electron chi connectivity index (χ2n) is 7.86. The second kappa shape index (κ2) is 9.86. The third-order valence-electron chi connectivity index (χ3n) is 5.71. The van der Waals surface area contributed by atoms with Crippen LogP contribution < -0.4 is 9.47 Å². The van der Waals surface area contributed by atoms with Gasteiger partial charge < -0.3 is 19.7 Å². The maximum atomic E-state index is 10.4. The number of rotatable bonds is 7. The van der Waals surface area contributed by atoms with E-state index in [2.05, 4.69) is 24.0 Å². The average molecular weight is 420 g/mol. The number of aliphatic hydroxyl groups is 1. The number of aliphatic hydroxyl groups excluding tert-OH is 1. The minimum atomic E-state index is -0.343. The molecule has 0 aromatic heterocycles. The minimum absolute atomic E-state index is 0.0188. The Morgan fingerprint density at radius 2 is 1.61 bits per heavy atom. The Kier molecular flexibility index (Phi) is 6.75. The minimum Gasteiger partial charge on any atom is -0.504 e. The van der Waals surface area contributed by atoms with Gasteiger partial charge in [0, 0.05) is 12.6 Å². The van der Waals surface area contributed by atoms with Crippen molar-refractivity contribution in [2.45, 2.75) is 44.6 Å². The highest BCUT2D eigenvalue weighted by atomic mass is 16.5. The average Bonchev–Trinajstić information content (AvgIpc) is 2.80. The summed E-state index contributed by atoms with van der Waals surface area (Å²) in [5.74, 6) is 2.19. The molecule has 3 aromatic carbocycles. The smallest absolute Gasteiger partial charge is 0.163 e. The SMILES string of the molecule is CC[C@@H](Oc1ccccc1O)N1CC[C@@H](O)C[C@@H]1c1ccc(Oc2ccccc2)cc1. The third kappa shape index (κ3) is 5.19. The summed E-state index contributed by atoms with van der Waals surface area (Å²) in [5, 5.41) is 20.5. The first-order chi connectivity index (χ1) is 15.1. The van der Waals surface area contributed by atoms with Crippen molar-refractivity contribution in [1.82, 2.24) is 4.90 Å². The summed E-state index contributed by atoms with van der Waals surface area (Å²) in [4.78, 5) is 2.28. The molecule has 0 saturated carbocycles. The Hall–Kier alpha value is -3.02. The molecule has 1 aliphatic heterocycles. The zero-order chi connectivity index (χ0) is 21.6. The summed E-state index contributed by atoms with van der Waals surface area (Å²) in [5.41, 5.74) is 1.11. The molecule has 3 atom stereocenters. The third-order valence-corrected chi connectivity index (χ3v) is 5.71. The van der Waals surface area contributed by atoms with E-state index in [1.807, 2.05) is 48.5 Å². The lowest BCUT2D eigenvalue weighted by atomic mass is 9.92. The second-order valence-corrected chi connectivity index (χ2v) is 7.86. The van der Waals surface area contributed by atoms with Crippen LogP contribution in [0.4, 0.5) is 0 Å². The van der Waals surface area contributed by atoms with Gasteiger partial charge in [-0.1, -0.05) is 49.4 Å². The molecule has 5 heteroatoms. The number of para-hydroxylation sites is 3. The van der Waals surface area contributed by atoms with Crippen molar-refractivity contribution in [3.05, 3.63) is 84.4 Å². The van der Waals surface area contributed by atoms with Crippen LogP contribution in [-0.4, -0.2) is 34.0 Å². The van der Waals surface area contributed by atoms with Gasteiger partial charge in [0.2, 0.25) is 0 Å². The quantitative estimate of drug-likeness (QED) is 0.530. The zero-order valence-electron chi connectivity index (χ0n) is 17.7. The maximum absolute atomic E-state index is 10.4. The summed E-state index contributed by atoms with van der Waals surface area (Å²) >= 11 is 0. The molecular formula is C26H29NO4. The molecule has 1 fully saturated rings. The van der Waals surface area contributed by atoms with E-state index in [0.29, 0.717) is 18.6 Å². The van der Waals surface area contributed by atoms with E-state index >= 15 is 0 Å². The summed E-state index contributed by atoms with van der Waals surface area (Å²) in [6.07, 6.45) is 1.55. The summed E-state index contributed by atoms with van der Waals surface area (Å²) < 4.78 is 12.1. The first kappa shape index (κ1) is 21.2. The van der Waals surface area contributed by atoms with Crippen LogP contribution in [0, 0.1) is 0 Å². The maximum Gasteiger partial charge on any atom is 0.163 e. The number of piperidine rings is 1. The van der Waals surface area contributed by atoms with E-state index < -0.39 is 0 Å². The van der Waals surface area contributed by atoms with Crippen molar-refractivity contribution in [2.75, 3.05) is 6.54 Å². The molecule has 4 rings (SSSR count). The van der Waals surface area contributed by atoms with Gasteiger partial charge in [0.1, 0.15) is 11.5 Å². The highest BCUT2D eigenvalue weighted by Crippen LogP contribution is 2.36. The molecule has 0 radical (unpaired) electrons. The largest absolute Gasteiger partial charge is 0.504 e. The van der Waals surface area contributed by atoms with Gasteiger partial charge in [-0.25, -0.2) is 0 Å². The van der Waals surface area contributed by atoms with E-state index in [4.69, 9.17) is 9.47 Å². The number of aromatic hydroxyl groups is 1. The standard InChI is InChI=1S/C26H29NO4/c1-2-26(31-25-11-7-6-10-24(25)29)27-17-16-20(28)18-23(27)19-12-14-22(15-13-19)30-21-8-4-3-5-9-21/h3-15,20,23,26,28-29H,2,16-18H2,1H3/t20-,23-,26-/m1/s1. The fourth-order valence-corrected chi connectivity index (χ4v) is 4.11. The van der Waals surface area contributed by atoms with Crippen LogP contribution in [0.5, 0.6) is 23.0 Å². The Morgan fingerprint density at radius 1 is 0.935 bits per heavy atom. The molecule has 162 valence electrons. The molecule has 0 spiro atoms. The predicted octanol–water partition coefficient (Wildman–Crippen LogP) is 5.50. The number of phenolic OH excluding ortho intramolecular Hbond substituents is 1. The van der Waals surface area contributed by atoms with Crippen molar-refractivity contribution >= 4 is 0 Å². The van der Waals surface area contributed by atoms with Crippen LogP contribution in [0.3, 0.4) is 0 Å². The normalized spacial score (nSPS) is 20.2. The number of phenols is 1. The number of ether oxygens (including phenoxy) is 2. The number of likely N-dealkylation sites (tertiary alicyclic amines) is 1. The van der Waals surface area contributed by atoms with Gasteiger partial charge in [-0.15, -0.1) is 0 Å². The van der Waals surface area contributed by atoms with Crippen LogP contribution in [0.2, 0.25) is 0 Å². The molecule has 0 unspecified atom stereocenters. The Bertz CT molecular complexity index is 961. The molecule has 0 aliphatic carbocycles. The van der Waals surface area contributed by atoms with Crippen LogP contribution in [0.1, 0.15) is 37.8 Å². The highest BCUT2D eigenvalue weighted by Gasteiger charge is 2.34. The van der Waals surface area contributed by atoms with Gasteiger partial charge in [0.15, 0.2) is 17.7 Å². The molecule has 0 amide bonds. The van der Waals surface area contributed by atoms with E-state index in [1.165, 1.54) is 0 Å². The Morgan fingerprint density at radius 3 is 2.32 bits per heavy atom. The molecule has 1 heterocycles. The fourth-order valence-electron chi connectivity index (χ4n) is 4.11. The van der Waals surface area contributed by atoms with Gasteiger partial charge in [0.05, 0.1) is 6.10 Å². The number of hydrogen-bond acceptors (Lipinski definition) is 5. The summed E-state index contributed by atoms with van der Waals surface area (Å²) in [6, 6.07) is 24.8. The van der Waals surface area contributed by atoms with Crippen LogP contribution in [0.15, 0.2) is 78.9 Å². The molecule has 1 saturated heterocycles. The van der Waals surface area contributed by atoms with Gasteiger partial charge in [-0.05, 0) is 61.2 Å². The molecule has 1 aliphatic rings. The lowest BCUT2D eigenvalue weighted by Gasteiger charge is -2.42. The molecular weight excluding hydrogens is 390 g/mol. The van der Waals surface area contributed by atoms with Crippen molar-refractivity contribution in [3.8, 4) is 23.0 Å². The van der Waals surface area contributed by atoms with Crippen LogP contribution in [0.25, 0.3) is 0 Å². The van der Waals surface area contributed by atoms with Crippen LogP contribution >= 0.6 is 0 Å². The van der Waals surface area contributed by atoms with Crippen LogP contribution in [-0.2, 0) is 0 Å². The zero-order valence-corrected chi connectivity index (χ0v) is 17.7. The van der Waals surface area contributed by atoms with Crippen molar-refractivity contribution in [3.63, 3.8) is 0 Å². The monoisotopic (exact) mass is 419 g/mol. The Labute approximate surface area is 183 Å². The molecule has 5 nitrogen and oxygen atoms in total. The van der Waals surface area contributed by atoms with Gasteiger partial charge in [0.25, 0.3) is 0 Å². The molecule has 2 N–H and O–H groups in total. The van der Waals surface area contributed by atoms with Crippen molar-refractivity contribution < 1.29 is 19.7 Å². The van der Waals surface area contributed by atoms with E-state index in [0.717, 1.165) is 30.0 Å².